The SMILES string of the molecule is COc1cc(/C=C2\C(=O)NC(=O)N(c3ccccc3Cl)C2=O)cc(Cl)c1O. The second-order valence-electron chi connectivity index (χ2n) is 5.46. The van der Waals surface area contributed by atoms with Crippen molar-refractivity contribution >= 4 is 52.8 Å². The van der Waals surface area contributed by atoms with Crippen LogP contribution in [-0.2, 0) is 9.59 Å². The number of rotatable bonds is 3. The minimum absolute atomic E-state index is 0.0242. The minimum Gasteiger partial charge on any atom is -0.503 e. The van der Waals surface area contributed by atoms with Crippen LogP contribution in [0.15, 0.2) is 42.0 Å². The van der Waals surface area contributed by atoms with Gasteiger partial charge in [0.25, 0.3) is 11.8 Å². The second kappa shape index (κ2) is 7.30. The molecule has 1 aliphatic heterocycles. The number of imide groups is 2. The molecule has 2 N–H and O–H groups in total. The number of para-hydroxylation sites is 1. The van der Waals surface area contributed by atoms with Crippen LogP contribution < -0.4 is 15.0 Å². The number of halogens is 2. The molecule has 9 heteroatoms. The zero-order valence-corrected chi connectivity index (χ0v) is 15.3. The quantitative estimate of drug-likeness (QED) is 0.601. The van der Waals surface area contributed by atoms with Crippen molar-refractivity contribution in [3.05, 3.63) is 57.6 Å². The monoisotopic (exact) mass is 406 g/mol. The smallest absolute Gasteiger partial charge is 0.335 e. The Morgan fingerprint density at radius 3 is 2.48 bits per heavy atom. The van der Waals surface area contributed by atoms with Crippen LogP contribution in [0.4, 0.5) is 10.5 Å². The number of barbiturate groups is 1. The number of phenolic OH excluding ortho intramolecular Hbond substituents is 1. The van der Waals surface area contributed by atoms with E-state index in [0.29, 0.717) is 5.56 Å². The van der Waals surface area contributed by atoms with Crippen molar-refractivity contribution in [3.63, 3.8) is 0 Å². The van der Waals surface area contributed by atoms with Gasteiger partial charge in [-0.15, -0.1) is 0 Å². The Hall–Kier alpha value is -3.03. The van der Waals surface area contributed by atoms with Crippen molar-refractivity contribution in [2.24, 2.45) is 0 Å². The Kier molecular flexibility index (Phi) is 5.07. The number of hydrogen-bond donors (Lipinski definition) is 2. The fourth-order valence-electron chi connectivity index (χ4n) is 2.51. The molecule has 0 aliphatic carbocycles. The fraction of sp³-hybridized carbons (Fsp3) is 0.0556. The number of carbonyl (C=O) groups excluding carboxylic acids is 3. The molecular formula is C18H12Cl2N2O5. The Bertz CT molecular complexity index is 1000. The lowest BCUT2D eigenvalue weighted by molar-refractivity contribution is -0.122. The lowest BCUT2D eigenvalue weighted by Gasteiger charge is -2.27. The highest BCUT2D eigenvalue weighted by molar-refractivity contribution is 6.42. The van der Waals surface area contributed by atoms with Gasteiger partial charge >= 0.3 is 6.03 Å². The average Bonchev–Trinajstić information content (AvgIpc) is 2.62. The third-order valence-electron chi connectivity index (χ3n) is 3.78. The third kappa shape index (κ3) is 3.47. The van der Waals surface area contributed by atoms with Gasteiger partial charge in [0.2, 0.25) is 0 Å². The van der Waals surface area contributed by atoms with Gasteiger partial charge in [-0.25, -0.2) is 9.69 Å². The standard InChI is InChI=1S/C18H12Cl2N2O5/c1-27-14-8-9(7-12(20)15(14)23)6-10-16(24)21-18(26)22(17(10)25)13-5-3-2-4-11(13)19/h2-8,23H,1H3,(H,21,24,26)/b10-6+. The Balaban J connectivity index is 2.08. The molecule has 4 amide bonds. The van der Waals surface area contributed by atoms with Crippen molar-refractivity contribution in [1.82, 2.24) is 5.32 Å². The molecule has 0 aromatic heterocycles. The number of benzene rings is 2. The van der Waals surface area contributed by atoms with Crippen LogP contribution >= 0.6 is 23.2 Å². The van der Waals surface area contributed by atoms with Gasteiger partial charge < -0.3 is 9.84 Å². The van der Waals surface area contributed by atoms with Crippen molar-refractivity contribution < 1.29 is 24.2 Å². The number of ether oxygens (including phenoxy) is 1. The summed E-state index contributed by atoms with van der Waals surface area (Å²) in [6.45, 7) is 0. The predicted octanol–water partition coefficient (Wildman–Crippen LogP) is 3.37. The first kappa shape index (κ1) is 18.8. The van der Waals surface area contributed by atoms with Gasteiger partial charge in [-0.05, 0) is 35.9 Å². The molecular weight excluding hydrogens is 395 g/mol. The molecule has 1 saturated heterocycles. The Morgan fingerprint density at radius 1 is 1.11 bits per heavy atom. The number of amides is 4. The number of nitrogens with one attached hydrogen (secondary N) is 1. The largest absolute Gasteiger partial charge is 0.503 e. The summed E-state index contributed by atoms with van der Waals surface area (Å²) in [6, 6.07) is 8.08. The first-order chi connectivity index (χ1) is 12.8. The van der Waals surface area contributed by atoms with E-state index < -0.39 is 17.8 Å². The van der Waals surface area contributed by atoms with Crippen molar-refractivity contribution in [1.29, 1.82) is 0 Å². The van der Waals surface area contributed by atoms with Crippen LogP contribution in [0.25, 0.3) is 6.08 Å². The van der Waals surface area contributed by atoms with E-state index in [2.05, 4.69) is 5.32 Å². The summed E-state index contributed by atoms with van der Waals surface area (Å²) in [7, 11) is 1.33. The van der Waals surface area contributed by atoms with E-state index in [-0.39, 0.29) is 32.8 Å². The van der Waals surface area contributed by atoms with Gasteiger partial charge in [-0.1, -0.05) is 35.3 Å². The zero-order chi connectivity index (χ0) is 19.7. The summed E-state index contributed by atoms with van der Waals surface area (Å²) in [5.74, 6) is -1.91. The number of carbonyl (C=O) groups is 3. The molecule has 0 bridgehead atoms. The molecule has 3 rings (SSSR count). The van der Waals surface area contributed by atoms with Crippen LogP contribution in [0, 0.1) is 0 Å². The normalized spacial score (nSPS) is 15.9. The minimum atomic E-state index is -0.906. The van der Waals surface area contributed by atoms with Gasteiger partial charge in [0.05, 0.1) is 22.8 Å². The van der Waals surface area contributed by atoms with Crippen molar-refractivity contribution in [2.75, 3.05) is 12.0 Å². The second-order valence-corrected chi connectivity index (χ2v) is 6.28. The topological polar surface area (TPSA) is 95.9 Å². The first-order valence-corrected chi connectivity index (χ1v) is 8.31. The van der Waals surface area contributed by atoms with E-state index in [1.807, 2.05) is 0 Å². The van der Waals surface area contributed by atoms with E-state index in [9.17, 15) is 19.5 Å². The summed E-state index contributed by atoms with van der Waals surface area (Å²) in [5, 5.41) is 12.0. The number of nitrogens with zero attached hydrogens (tertiary/aromatic N) is 1. The first-order valence-electron chi connectivity index (χ1n) is 7.56. The maximum Gasteiger partial charge on any atom is 0.335 e. The number of aromatic hydroxyl groups is 1. The van der Waals surface area contributed by atoms with Crippen LogP contribution in [0.1, 0.15) is 5.56 Å². The van der Waals surface area contributed by atoms with E-state index >= 15 is 0 Å². The highest BCUT2D eigenvalue weighted by Crippen LogP contribution is 2.36. The van der Waals surface area contributed by atoms with Gasteiger partial charge in [-0.3, -0.25) is 14.9 Å². The zero-order valence-electron chi connectivity index (χ0n) is 13.8. The molecule has 2 aromatic rings. The van der Waals surface area contributed by atoms with Crippen LogP contribution in [0.3, 0.4) is 0 Å². The summed E-state index contributed by atoms with van der Waals surface area (Å²) < 4.78 is 5.00. The number of methoxy groups -OCH3 is 1. The van der Waals surface area contributed by atoms with Crippen LogP contribution in [0.2, 0.25) is 10.0 Å². The molecule has 0 unspecified atom stereocenters. The van der Waals surface area contributed by atoms with E-state index in [0.717, 1.165) is 4.90 Å². The molecule has 2 aromatic carbocycles. The van der Waals surface area contributed by atoms with Gasteiger partial charge in [-0.2, -0.15) is 0 Å². The molecule has 1 aliphatic rings. The van der Waals surface area contributed by atoms with Crippen LogP contribution in [0.5, 0.6) is 11.5 Å². The predicted molar refractivity (Wildman–Crippen MR) is 100 cm³/mol. The Morgan fingerprint density at radius 2 is 1.81 bits per heavy atom. The molecule has 0 atom stereocenters. The number of hydrogen-bond acceptors (Lipinski definition) is 5. The molecule has 1 heterocycles. The molecule has 0 saturated carbocycles. The van der Waals surface area contributed by atoms with E-state index in [1.54, 1.807) is 12.1 Å². The maximum atomic E-state index is 12.8. The lowest BCUT2D eigenvalue weighted by atomic mass is 10.1. The van der Waals surface area contributed by atoms with E-state index in [4.69, 9.17) is 27.9 Å². The molecule has 27 heavy (non-hydrogen) atoms. The van der Waals surface area contributed by atoms with Gasteiger partial charge in [0.15, 0.2) is 11.5 Å². The van der Waals surface area contributed by atoms with E-state index in [1.165, 1.54) is 37.5 Å². The highest BCUT2D eigenvalue weighted by atomic mass is 35.5. The lowest BCUT2D eigenvalue weighted by Crippen LogP contribution is -2.54. The number of urea groups is 1. The molecule has 0 spiro atoms. The molecule has 138 valence electrons. The molecule has 0 radical (unpaired) electrons. The number of phenols is 1. The molecule has 1 fully saturated rings. The third-order valence-corrected chi connectivity index (χ3v) is 4.38. The summed E-state index contributed by atoms with van der Waals surface area (Å²) >= 11 is 12.0. The van der Waals surface area contributed by atoms with Crippen molar-refractivity contribution in [2.45, 2.75) is 0 Å². The summed E-state index contributed by atoms with van der Waals surface area (Å²) in [5.41, 5.74) is 0.154. The van der Waals surface area contributed by atoms with Crippen LogP contribution in [-0.4, -0.2) is 30.1 Å². The average molecular weight is 407 g/mol. The highest BCUT2D eigenvalue weighted by Gasteiger charge is 2.37. The van der Waals surface area contributed by atoms with Gasteiger partial charge in [0.1, 0.15) is 5.57 Å². The number of anilines is 1. The van der Waals surface area contributed by atoms with Crippen molar-refractivity contribution in [3.8, 4) is 11.5 Å². The summed E-state index contributed by atoms with van der Waals surface area (Å²) in [6.07, 6.45) is 1.24. The Labute approximate surface area is 163 Å². The maximum absolute atomic E-state index is 12.8. The molecule has 7 nitrogen and oxygen atoms in total. The summed E-state index contributed by atoms with van der Waals surface area (Å²) in [4.78, 5) is 38.0. The fourth-order valence-corrected chi connectivity index (χ4v) is 2.95. The van der Waals surface area contributed by atoms with Gasteiger partial charge in [0, 0.05) is 0 Å².